The van der Waals surface area contributed by atoms with Gasteiger partial charge in [0.25, 0.3) is 0 Å². The number of carbonyl (C=O) groups is 2. The average Bonchev–Trinajstić information content (AvgIpc) is 3.53. The van der Waals surface area contributed by atoms with E-state index in [1.165, 1.54) is 17.4 Å². The van der Waals surface area contributed by atoms with Crippen molar-refractivity contribution in [1.82, 2.24) is 9.62 Å². The Morgan fingerprint density at radius 2 is 1.88 bits per heavy atom. The highest BCUT2D eigenvalue weighted by Gasteiger charge is 2.69. The molecule has 9 heteroatoms. The Morgan fingerprint density at radius 1 is 1.24 bits per heavy atom. The maximum absolute atomic E-state index is 15.6. The SMILES string of the molecule is Cc1cc(C2(NC=O)C3CC4CC(C3)CC2(C(N)=O)C4)cc(F)c1S(=O)(=O)N(C)CC1CC1. The average molecular weight is 478 g/mol. The van der Waals surface area contributed by atoms with Crippen LogP contribution in [0.15, 0.2) is 17.0 Å². The first-order valence-electron chi connectivity index (χ1n) is 11.8. The zero-order valence-electron chi connectivity index (χ0n) is 19.1. The van der Waals surface area contributed by atoms with Crippen LogP contribution in [0.4, 0.5) is 4.39 Å². The molecule has 5 fully saturated rings. The normalized spacial score (nSPS) is 35.1. The van der Waals surface area contributed by atoms with Crippen molar-refractivity contribution in [3.63, 3.8) is 0 Å². The molecule has 6 rings (SSSR count). The van der Waals surface area contributed by atoms with Crippen molar-refractivity contribution < 1.29 is 22.4 Å². The number of hydrogen-bond donors (Lipinski definition) is 2. The van der Waals surface area contributed by atoms with E-state index in [-0.39, 0.29) is 16.4 Å². The van der Waals surface area contributed by atoms with E-state index < -0.39 is 32.7 Å². The van der Waals surface area contributed by atoms with Crippen LogP contribution in [0.2, 0.25) is 0 Å². The molecule has 0 spiro atoms. The lowest BCUT2D eigenvalue weighted by Gasteiger charge is -2.66. The van der Waals surface area contributed by atoms with E-state index in [0.29, 0.717) is 49.1 Å². The van der Waals surface area contributed by atoms with E-state index >= 15 is 4.39 Å². The Balaban J connectivity index is 1.64. The lowest BCUT2D eigenvalue weighted by atomic mass is 9.40. The minimum absolute atomic E-state index is 0.0553. The number of carbonyl (C=O) groups excluding carboxylic acids is 2. The summed E-state index contributed by atoms with van der Waals surface area (Å²) >= 11 is 0. The van der Waals surface area contributed by atoms with Gasteiger partial charge >= 0.3 is 0 Å². The molecule has 2 amide bonds. The second-order valence-electron chi connectivity index (χ2n) is 10.9. The van der Waals surface area contributed by atoms with Crippen LogP contribution in [-0.2, 0) is 25.2 Å². The molecule has 4 bridgehead atoms. The van der Waals surface area contributed by atoms with Crippen LogP contribution in [-0.4, -0.2) is 38.6 Å². The molecule has 3 unspecified atom stereocenters. The third kappa shape index (κ3) is 3.18. The van der Waals surface area contributed by atoms with Gasteiger partial charge in [0.05, 0.1) is 11.0 Å². The van der Waals surface area contributed by atoms with E-state index in [2.05, 4.69) is 5.32 Å². The van der Waals surface area contributed by atoms with Crippen LogP contribution in [0.3, 0.4) is 0 Å². The summed E-state index contributed by atoms with van der Waals surface area (Å²) in [5.74, 6) is -0.337. The maximum Gasteiger partial charge on any atom is 0.246 e. The molecule has 0 radical (unpaired) electrons. The molecule has 3 N–H and O–H groups in total. The number of hydrogen-bond acceptors (Lipinski definition) is 4. The Kier molecular flexibility index (Phi) is 5.18. The highest BCUT2D eigenvalue weighted by molar-refractivity contribution is 7.89. The molecule has 3 atom stereocenters. The summed E-state index contributed by atoms with van der Waals surface area (Å²) < 4.78 is 43.2. The smallest absolute Gasteiger partial charge is 0.246 e. The Labute approximate surface area is 194 Å². The predicted octanol–water partition coefficient (Wildman–Crippen LogP) is 2.42. The van der Waals surface area contributed by atoms with Gasteiger partial charge in [-0.1, -0.05) is 6.07 Å². The third-order valence-electron chi connectivity index (χ3n) is 8.87. The first-order chi connectivity index (χ1) is 15.5. The van der Waals surface area contributed by atoms with Crippen molar-refractivity contribution in [3.8, 4) is 0 Å². The van der Waals surface area contributed by atoms with Gasteiger partial charge in [0, 0.05) is 13.6 Å². The zero-order valence-corrected chi connectivity index (χ0v) is 20.0. The Hall–Kier alpha value is -2.00. The minimum Gasteiger partial charge on any atom is -0.369 e. The van der Waals surface area contributed by atoms with Crippen LogP contribution in [0.25, 0.3) is 0 Å². The number of nitrogens with zero attached hydrogens (tertiary/aromatic N) is 1. The molecule has 33 heavy (non-hydrogen) atoms. The minimum atomic E-state index is -4.01. The molecule has 0 saturated heterocycles. The van der Waals surface area contributed by atoms with Gasteiger partial charge in [-0.2, -0.15) is 0 Å². The van der Waals surface area contributed by atoms with Gasteiger partial charge in [-0.25, -0.2) is 17.1 Å². The Bertz CT molecular complexity index is 1080. The molecule has 0 aliphatic heterocycles. The van der Waals surface area contributed by atoms with Crippen molar-refractivity contribution in [3.05, 3.63) is 29.1 Å². The fraction of sp³-hybridized carbons (Fsp3) is 0.667. The van der Waals surface area contributed by atoms with Gasteiger partial charge in [-0.15, -0.1) is 0 Å². The van der Waals surface area contributed by atoms with E-state index in [4.69, 9.17) is 5.73 Å². The summed E-state index contributed by atoms with van der Waals surface area (Å²) in [4.78, 5) is 24.5. The number of amides is 2. The van der Waals surface area contributed by atoms with Gasteiger partial charge in [0.2, 0.25) is 22.3 Å². The number of nitrogens with one attached hydrogen (secondary N) is 1. The van der Waals surface area contributed by atoms with Crippen molar-refractivity contribution >= 4 is 22.3 Å². The number of benzene rings is 1. The molecule has 1 aromatic rings. The van der Waals surface area contributed by atoms with Crippen LogP contribution >= 0.6 is 0 Å². The number of halogens is 1. The Morgan fingerprint density at radius 3 is 2.39 bits per heavy atom. The lowest BCUT2D eigenvalue weighted by Crippen LogP contribution is -2.71. The molecule has 5 aliphatic rings. The molecule has 180 valence electrons. The second kappa shape index (κ2) is 7.50. The number of nitrogens with two attached hydrogens (primary N) is 1. The summed E-state index contributed by atoms with van der Waals surface area (Å²) in [5, 5.41) is 2.94. The van der Waals surface area contributed by atoms with Gasteiger partial charge in [-0.05, 0) is 92.7 Å². The largest absolute Gasteiger partial charge is 0.369 e. The zero-order chi connectivity index (χ0) is 23.8. The molecule has 7 nitrogen and oxygen atoms in total. The predicted molar refractivity (Wildman–Crippen MR) is 120 cm³/mol. The summed E-state index contributed by atoms with van der Waals surface area (Å²) in [6, 6.07) is 2.86. The van der Waals surface area contributed by atoms with Crippen LogP contribution in [0.1, 0.15) is 56.1 Å². The quantitative estimate of drug-likeness (QED) is 0.560. The fourth-order valence-electron chi connectivity index (χ4n) is 7.58. The third-order valence-corrected chi connectivity index (χ3v) is 10.9. The van der Waals surface area contributed by atoms with E-state index in [0.717, 1.165) is 32.1 Å². The van der Waals surface area contributed by atoms with Crippen LogP contribution in [0.5, 0.6) is 0 Å². The van der Waals surface area contributed by atoms with Crippen molar-refractivity contribution in [2.45, 2.75) is 62.3 Å². The van der Waals surface area contributed by atoms with Crippen molar-refractivity contribution in [2.75, 3.05) is 13.6 Å². The summed E-state index contributed by atoms with van der Waals surface area (Å²) in [6.07, 6.45) is 6.38. The van der Waals surface area contributed by atoms with Gasteiger partial charge in [0.15, 0.2) is 0 Å². The number of rotatable bonds is 8. The lowest BCUT2D eigenvalue weighted by molar-refractivity contribution is -0.171. The van der Waals surface area contributed by atoms with Crippen molar-refractivity contribution in [2.24, 2.45) is 34.8 Å². The molecular formula is C24H32FN3O4S. The number of aryl methyl sites for hydroxylation is 1. The molecule has 0 heterocycles. The van der Waals surface area contributed by atoms with Crippen LogP contribution in [0, 0.1) is 41.8 Å². The first kappa shape index (κ1) is 22.8. The first-order valence-corrected chi connectivity index (χ1v) is 13.3. The number of sulfonamides is 1. The highest BCUT2D eigenvalue weighted by Crippen LogP contribution is 2.67. The van der Waals surface area contributed by atoms with E-state index in [1.54, 1.807) is 13.0 Å². The highest BCUT2D eigenvalue weighted by atomic mass is 32.2. The molecular weight excluding hydrogens is 445 g/mol. The van der Waals surface area contributed by atoms with E-state index in [9.17, 15) is 18.0 Å². The van der Waals surface area contributed by atoms with Gasteiger partial charge in [-0.3, -0.25) is 9.59 Å². The standard InChI is InChI=1S/C24H32FN3O4S/c1-14-5-18(9-20(25)21(14)33(31,32)28(2)12-15-3-4-15)24(27-13-29)19-7-16-6-17(8-19)11-23(24,10-16)22(26)30/h5,9,13,15-17,19H,3-4,6-8,10-12H2,1-2H3,(H2,26,30)(H,27,29). The van der Waals surface area contributed by atoms with Crippen LogP contribution < -0.4 is 11.1 Å². The van der Waals surface area contributed by atoms with Crippen molar-refractivity contribution in [1.29, 1.82) is 0 Å². The molecule has 5 saturated carbocycles. The number of primary amides is 1. The second-order valence-corrected chi connectivity index (χ2v) is 12.9. The molecule has 0 aromatic heterocycles. The summed E-state index contributed by atoms with van der Waals surface area (Å²) in [6.45, 7) is 1.95. The van der Waals surface area contributed by atoms with E-state index in [1.807, 2.05) is 0 Å². The summed E-state index contributed by atoms with van der Waals surface area (Å²) in [7, 11) is -2.53. The van der Waals surface area contributed by atoms with Gasteiger partial charge < -0.3 is 11.1 Å². The summed E-state index contributed by atoms with van der Waals surface area (Å²) in [5.41, 5.74) is 4.58. The molecule has 1 aromatic carbocycles. The topological polar surface area (TPSA) is 110 Å². The van der Waals surface area contributed by atoms with Gasteiger partial charge in [0.1, 0.15) is 10.7 Å². The monoisotopic (exact) mass is 477 g/mol. The maximum atomic E-state index is 15.6. The molecule has 5 aliphatic carbocycles. The fourth-order valence-corrected chi connectivity index (χ4v) is 9.07.